The van der Waals surface area contributed by atoms with Crippen LogP contribution >= 0.6 is 11.3 Å². The number of pyridine rings is 1. The summed E-state index contributed by atoms with van der Waals surface area (Å²) in [5, 5.41) is 9.01. The summed E-state index contributed by atoms with van der Waals surface area (Å²) >= 11 is 1.79. The van der Waals surface area contributed by atoms with Crippen molar-refractivity contribution in [1.29, 1.82) is 5.26 Å². The Hall–Kier alpha value is -1.80. The van der Waals surface area contributed by atoms with Gasteiger partial charge in [0.1, 0.15) is 6.61 Å². The van der Waals surface area contributed by atoms with Crippen molar-refractivity contribution in [1.82, 2.24) is 4.98 Å². The van der Waals surface area contributed by atoms with E-state index in [-0.39, 0.29) is 6.71 Å². The molecule has 0 spiro atoms. The van der Waals surface area contributed by atoms with Crippen molar-refractivity contribution >= 4 is 18.0 Å². The molecular formula is C18H21BN2OS. The van der Waals surface area contributed by atoms with Crippen LogP contribution in [0, 0.1) is 25.1 Å². The fourth-order valence-electron chi connectivity index (χ4n) is 3.12. The molecule has 3 heterocycles. The van der Waals surface area contributed by atoms with Gasteiger partial charge in [-0.2, -0.15) is 0 Å². The maximum Gasteiger partial charge on any atom is 0.267 e. The highest BCUT2D eigenvalue weighted by Gasteiger charge is 2.26. The fourth-order valence-corrected chi connectivity index (χ4v) is 4.09. The van der Waals surface area contributed by atoms with Gasteiger partial charge in [-0.05, 0) is 31.5 Å². The third kappa shape index (κ3) is 3.94. The van der Waals surface area contributed by atoms with Gasteiger partial charge in [0, 0.05) is 33.4 Å². The minimum atomic E-state index is 0.232. The molecule has 0 unspecified atom stereocenters. The second-order valence-corrected chi connectivity index (χ2v) is 7.66. The van der Waals surface area contributed by atoms with Crippen LogP contribution in [-0.4, -0.2) is 11.7 Å². The van der Waals surface area contributed by atoms with Gasteiger partial charge in [0.05, 0.1) is 0 Å². The van der Waals surface area contributed by atoms with Crippen LogP contribution in [0.5, 0.6) is 5.88 Å². The normalized spacial score (nSPS) is 15.4. The molecule has 1 aliphatic heterocycles. The highest BCUT2D eigenvalue weighted by atomic mass is 32.1. The van der Waals surface area contributed by atoms with E-state index in [4.69, 9.17) is 15.0 Å². The summed E-state index contributed by atoms with van der Waals surface area (Å²) < 4.78 is 5.88. The standard InChI is InChI=1S/C18H21BN2OS/c1-13-10-16(23-14(13)2)11-22-18-5-3-4-17(21-18)15-6-8-19(12-20)9-7-15/h3-5,10,15H,6-9,11H2,1-2H3. The van der Waals surface area contributed by atoms with E-state index < -0.39 is 0 Å². The summed E-state index contributed by atoms with van der Waals surface area (Å²) in [5.74, 6) is 3.56. The van der Waals surface area contributed by atoms with Gasteiger partial charge in [0.25, 0.3) is 6.71 Å². The number of ether oxygens (including phenoxy) is 1. The molecule has 2 aromatic rings. The minimum absolute atomic E-state index is 0.232. The molecule has 1 fully saturated rings. The topological polar surface area (TPSA) is 45.9 Å². The van der Waals surface area contributed by atoms with E-state index in [9.17, 15) is 0 Å². The molecule has 118 valence electrons. The predicted molar refractivity (Wildman–Crippen MR) is 95.3 cm³/mol. The first-order valence-corrected chi connectivity index (χ1v) is 9.02. The molecule has 0 aliphatic carbocycles. The Morgan fingerprint density at radius 1 is 1.35 bits per heavy atom. The number of nitrogens with zero attached hydrogens (tertiary/aromatic N) is 2. The lowest BCUT2D eigenvalue weighted by molar-refractivity contribution is 0.295. The zero-order valence-corrected chi connectivity index (χ0v) is 14.5. The Labute approximate surface area is 142 Å². The van der Waals surface area contributed by atoms with Crippen molar-refractivity contribution in [2.75, 3.05) is 0 Å². The van der Waals surface area contributed by atoms with Crippen LogP contribution in [0.15, 0.2) is 24.3 Å². The van der Waals surface area contributed by atoms with Crippen molar-refractivity contribution in [3.05, 3.63) is 45.3 Å². The lowest BCUT2D eigenvalue weighted by Gasteiger charge is -2.22. The van der Waals surface area contributed by atoms with Crippen LogP contribution in [0.4, 0.5) is 0 Å². The van der Waals surface area contributed by atoms with Gasteiger partial charge in [-0.1, -0.05) is 31.5 Å². The number of rotatable bonds is 4. The first-order valence-electron chi connectivity index (χ1n) is 8.21. The SMILES string of the molecule is Cc1cc(COc2cccc(C3CCB(C#N)CC3)n2)sc1C. The van der Waals surface area contributed by atoms with E-state index in [0.717, 1.165) is 31.2 Å². The average Bonchev–Trinajstić information content (AvgIpc) is 2.91. The molecule has 5 heteroatoms. The van der Waals surface area contributed by atoms with E-state index in [1.807, 2.05) is 12.1 Å². The van der Waals surface area contributed by atoms with Crippen LogP contribution in [0.25, 0.3) is 0 Å². The Morgan fingerprint density at radius 3 is 2.78 bits per heavy atom. The van der Waals surface area contributed by atoms with Crippen LogP contribution in [0.2, 0.25) is 12.6 Å². The third-order valence-electron chi connectivity index (χ3n) is 4.65. The van der Waals surface area contributed by atoms with Crippen LogP contribution in [0.3, 0.4) is 0 Å². The summed E-state index contributed by atoms with van der Waals surface area (Å²) in [7, 11) is 0. The van der Waals surface area contributed by atoms with Gasteiger partial charge >= 0.3 is 0 Å². The van der Waals surface area contributed by atoms with Crippen molar-refractivity contribution < 1.29 is 4.74 Å². The smallest absolute Gasteiger partial charge is 0.267 e. The minimum Gasteiger partial charge on any atom is -0.472 e. The quantitative estimate of drug-likeness (QED) is 0.761. The van der Waals surface area contributed by atoms with Crippen LogP contribution in [-0.2, 0) is 6.61 Å². The van der Waals surface area contributed by atoms with Crippen molar-refractivity contribution in [3.63, 3.8) is 0 Å². The number of thiophene rings is 1. The zero-order chi connectivity index (χ0) is 16.2. The summed E-state index contributed by atoms with van der Waals surface area (Å²) in [6.45, 7) is 5.08. The summed E-state index contributed by atoms with van der Waals surface area (Å²) in [4.78, 5) is 7.28. The molecule has 23 heavy (non-hydrogen) atoms. The Bertz CT molecular complexity index is 695. The lowest BCUT2D eigenvalue weighted by Crippen LogP contribution is -2.19. The van der Waals surface area contributed by atoms with Gasteiger partial charge in [0.15, 0.2) is 0 Å². The molecule has 0 amide bonds. The van der Waals surface area contributed by atoms with E-state index in [0.29, 0.717) is 18.4 Å². The molecule has 0 N–H and O–H groups in total. The molecule has 3 nitrogen and oxygen atoms in total. The number of nitriles is 1. The van der Waals surface area contributed by atoms with Gasteiger partial charge < -0.3 is 4.74 Å². The van der Waals surface area contributed by atoms with E-state index in [1.54, 1.807) is 11.3 Å². The monoisotopic (exact) mass is 324 g/mol. The molecule has 3 rings (SSSR count). The fraction of sp³-hybridized carbons (Fsp3) is 0.444. The van der Waals surface area contributed by atoms with Crippen LogP contribution in [0.1, 0.15) is 39.8 Å². The maximum atomic E-state index is 9.01. The molecule has 1 saturated heterocycles. The van der Waals surface area contributed by atoms with E-state index >= 15 is 0 Å². The number of aromatic nitrogens is 1. The van der Waals surface area contributed by atoms with Crippen molar-refractivity contribution in [2.24, 2.45) is 0 Å². The number of hydrogen-bond donors (Lipinski definition) is 0. The second-order valence-electron chi connectivity index (χ2n) is 6.32. The lowest BCUT2D eigenvalue weighted by atomic mass is 9.41. The van der Waals surface area contributed by atoms with Crippen molar-refractivity contribution in [2.45, 2.75) is 51.9 Å². The Kier molecular flexibility index (Phi) is 5.02. The molecule has 2 aromatic heterocycles. The molecule has 1 aliphatic rings. The van der Waals surface area contributed by atoms with E-state index in [2.05, 4.69) is 31.9 Å². The van der Waals surface area contributed by atoms with E-state index in [1.165, 1.54) is 15.3 Å². The Balaban J connectivity index is 1.62. The maximum absolute atomic E-state index is 9.01. The highest BCUT2D eigenvalue weighted by Crippen LogP contribution is 2.33. The largest absolute Gasteiger partial charge is 0.472 e. The third-order valence-corrected chi connectivity index (χ3v) is 5.78. The first kappa shape index (κ1) is 16.1. The van der Waals surface area contributed by atoms with Crippen LogP contribution < -0.4 is 4.74 Å². The number of aryl methyl sites for hydroxylation is 2. The highest BCUT2D eigenvalue weighted by molar-refractivity contribution is 7.12. The molecule has 0 bridgehead atoms. The average molecular weight is 324 g/mol. The molecule has 0 saturated carbocycles. The van der Waals surface area contributed by atoms with Gasteiger partial charge in [0.2, 0.25) is 5.88 Å². The summed E-state index contributed by atoms with van der Waals surface area (Å²) in [6.07, 6.45) is 4.08. The summed E-state index contributed by atoms with van der Waals surface area (Å²) in [6, 6.07) is 8.23. The predicted octanol–water partition coefficient (Wildman–Crippen LogP) is 4.77. The molecule has 0 aromatic carbocycles. The van der Waals surface area contributed by atoms with Crippen molar-refractivity contribution in [3.8, 4) is 11.8 Å². The number of hydrogen-bond acceptors (Lipinski definition) is 4. The molecule has 0 radical (unpaired) electrons. The van der Waals surface area contributed by atoms with Gasteiger partial charge in [-0.25, -0.2) is 10.2 Å². The van der Waals surface area contributed by atoms with Gasteiger partial charge in [-0.15, -0.1) is 11.3 Å². The first-order chi connectivity index (χ1) is 11.2. The molecular weight excluding hydrogens is 303 g/mol. The molecule has 0 atom stereocenters. The Morgan fingerprint density at radius 2 is 2.13 bits per heavy atom. The second kappa shape index (κ2) is 7.19. The van der Waals surface area contributed by atoms with Gasteiger partial charge in [-0.3, -0.25) is 0 Å². The zero-order valence-electron chi connectivity index (χ0n) is 13.7. The summed E-state index contributed by atoms with van der Waals surface area (Å²) in [5.41, 5.74) is 2.43.